The number of hydrogen-bond donors (Lipinski definition) is 0. The van der Waals surface area contributed by atoms with Crippen molar-refractivity contribution in [1.29, 1.82) is 0 Å². The average Bonchev–Trinajstić information content (AvgIpc) is 2.65. The van der Waals surface area contributed by atoms with Gasteiger partial charge in [0.05, 0.1) is 6.61 Å². The Bertz CT molecular complexity index is 157. The van der Waals surface area contributed by atoms with E-state index < -0.39 is 0 Å². The fourth-order valence-electron chi connectivity index (χ4n) is 2.31. The highest BCUT2D eigenvalue weighted by Gasteiger charge is 2.40. The molecule has 0 aliphatic carbocycles. The molecule has 0 aromatic heterocycles. The Morgan fingerprint density at radius 1 is 1.42 bits per heavy atom. The highest BCUT2D eigenvalue weighted by Crippen LogP contribution is 2.37. The molecule has 0 amide bonds. The molecule has 2 aliphatic rings. The lowest BCUT2D eigenvalue weighted by Crippen LogP contribution is -2.28. The topological polar surface area (TPSA) is 12.5 Å². The molecule has 2 saturated heterocycles. The molecule has 2 aliphatic heterocycles. The molecule has 3 heteroatoms. The average molecular weight is 281 g/mol. The number of halogens is 1. The van der Waals surface area contributed by atoms with Gasteiger partial charge in [-0.15, -0.1) is 0 Å². The predicted molar refractivity (Wildman–Crippen MR) is 57.8 cm³/mol. The first-order valence-electron chi connectivity index (χ1n) is 4.71. The summed E-state index contributed by atoms with van der Waals surface area (Å²) in [6, 6.07) is 0. The molecule has 2 fully saturated rings. The molecule has 1 unspecified atom stereocenters. The molecule has 70 valence electrons. The van der Waals surface area contributed by atoms with E-state index in [1.165, 1.54) is 36.9 Å². The van der Waals surface area contributed by atoms with E-state index in [9.17, 15) is 0 Å². The fourth-order valence-corrected chi connectivity index (χ4v) is 2.99. The summed E-state index contributed by atoms with van der Waals surface area (Å²) in [5.41, 5.74) is 0.561. The maximum absolute atomic E-state index is 5.48. The van der Waals surface area contributed by atoms with Gasteiger partial charge < -0.3 is 9.64 Å². The normalized spacial score (nSPS) is 36.8. The maximum Gasteiger partial charge on any atom is 0.0536 e. The third kappa shape index (κ3) is 1.77. The van der Waals surface area contributed by atoms with Crippen molar-refractivity contribution < 1.29 is 4.74 Å². The molecule has 2 nitrogen and oxygen atoms in total. The fraction of sp³-hybridized carbons (Fsp3) is 1.00. The lowest BCUT2D eigenvalue weighted by atomic mass is 9.87. The summed E-state index contributed by atoms with van der Waals surface area (Å²) < 4.78 is 6.74. The lowest BCUT2D eigenvalue weighted by Gasteiger charge is -2.21. The van der Waals surface area contributed by atoms with E-state index >= 15 is 0 Å². The molecule has 0 saturated carbocycles. The summed E-state index contributed by atoms with van der Waals surface area (Å²) in [7, 11) is 0. The van der Waals surface area contributed by atoms with Crippen LogP contribution in [0, 0.1) is 5.41 Å². The van der Waals surface area contributed by atoms with Gasteiger partial charge in [0.25, 0.3) is 0 Å². The Kier molecular flexibility index (Phi) is 2.92. The molecule has 12 heavy (non-hydrogen) atoms. The van der Waals surface area contributed by atoms with E-state index in [4.69, 9.17) is 4.74 Å². The summed E-state index contributed by atoms with van der Waals surface area (Å²) in [6.07, 6.45) is 2.66. The van der Waals surface area contributed by atoms with Gasteiger partial charge in [-0.05, 0) is 19.4 Å². The first-order valence-corrected chi connectivity index (χ1v) is 6.23. The molecule has 1 atom stereocenters. The van der Waals surface area contributed by atoms with Crippen molar-refractivity contribution in [3.8, 4) is 0 Å². The molecule has 0 radical (unpaired) electrons. The van der Waals surface area contributed by atoms with Crippen LogP contribution in [0.25, 0.3) is 0 Å². The smallest absolute Gasteiger partial charge is 0.0536 e. The lowest BCUT2D eigenvalue weighted by molar-refractivity contribution is 0.153. The zero-order valence-corrected chi connectivity index (χ0v) is 9.55. The second kappa shape index (κ2) is 3.80. The van der Waals surface area contributed by atoms with Gasteiger partial charge in [0.2, 0.25) is 0 Å². The van der Waals surface area contributed by atoms with Crippen LogP contribution in [0.4, 0.5) is 0 Å². The molecule has 0 aromatic carbocycles. The van der Waals surface area contributed by atoms with Crippen molar-refractivity contribution in [2.45, 2.75) is 12.8 Å². The zero-order valence-electron chi connectivity index (χ0n) is 7.39. The monoisotopic (exact) mass is 281 g/mol. The van der Waals surface area contributed by atoms with E-state index in [-0.39, 0.29) is 0 Å². The highest BCUT2D eigenvalue weighted by atomic mass is 127. The summed E-state index contributed by atoms with van der Waals surface area (Å²) in [6.45, 7) is 5.87. The molecule has 2 heterocycles. The highest BCUT2D eigenvalue weighted by molar-refractivity contribution is 14.1. The Hall–Kier alpha value is 0.650. The van der Waals surface area contributed by atoms with Crippen molar-refractivity contribution in [3.63, 3.8) is 0 Å². The number of alkyl halides is 1. The van der Waals surface area contributed by atoms with Crippen LogP contribution in [0.2, 0.25) is 0 Å². The Morgan fingerprint density at radius 2 is 2.33 bits per heavy atom. The van der Waals surface area contributed by atoms with E-state index in [1.807, 2.05) is 0 Å². The second-order valence-corrected chi connectivity index (χ2v) is 5.10. The van der Waals surface area contributed by atoms with Crippen molar-refractivity contribution in [2.75, 3.05) is 37.3 Å². The van der Waals surface area contributed by atoms with Gasteiger partial charge in [0.15, 0.2) is 0 Å². The molecular formula is C9H16INO. The number of nitrogens with zero attached hydrogens (tertiary/aromatic N) is 1. The number of rotatable bonds is 2. The van der Waals surface area contributed by atoms with E-state index in [2.05, 4.69) is 27.5 Å². The number of ether oxygens (including phenoxy) is 1. The van der Waals surface area contributed by atoms with E-state index in [0.29, 0.717) is 5.41 Å². The summed E-state index contributed by atoms with van der Waals surface area (Å²) in [5.74, 6) is 0. The van der Waals surface area contributed by atoms with Crippen molar-refractivity contribution >= 4 is 22.6 Å². The standard InChI is InChI=1S/C9H16INO/c10-3-5-11-4-1-9(7-11)2-6-12-8-9/h1-8H2. The SMILES string of the molecule is ICCN1CCC2(CCOC2)C1. The van der Waals surface area contributed by atoms with Gasteiger partial charge in [-0.25, -0.2) is 0 Å². The predicted octanol–water partition coefficient (Wildman–Crippen LogP) is 1.53. The first kappa shape index (κ1) is 9.21. The van der Waals surface area contributed by atoms with Crippen molar-refractivity contribution in [2.24, 2.45) is 5.41 Å². The molecule has 1 spiro atoms. The number of likely N-dealkylation sites (tertiary alicyclic amines) is 1. The molecular weight excluding hydrogens is 265 g/mol. The molecule has 2 rings (SSSR count). The van der Waals surface area contributed by atoms with Crippen LogP contribution >= 0.6 is 22.6 Å². The quantitative estimate of drug-likeness (QED) is 0.562. The minimum absolute atomic E-state index is 0.561. The van der Waals surface area contributed by atoms with Gasteiger partial charge in [-0.2, -0.15) is 0 Å². The van der Waals surface area contributed by atoms with Crippen LogP contribution in [0.1, 0.15) is 12.8 Å². The van der Waals surface area contributed by atoms with Gasteiger partial charge in [0, 0.05) is 29.5 Å². The largest absolute Gasteiger partial charge is 0.381 e. The minimum atomic E-state index is 0.561. The van der Waals surface area contributed by atoms with Crippen LogP contribution in [-0.4, -0.2) is 42.2 Å². The third-order valence-corrected chi connectivity index (χ3v) is 3.59. The van der Waals surface area contributed by atoms with Gasteiger partial charge >= 0.3 is 0 Å². The van der Waals surface area contributed by atoms with E-state index in [1.54, 1.807) is 0 Å². The van der Waals surface area contributed by atoms with Crippen LogP contribution in [0.15, 0.2) is 0 Å². The Morgan fingerprint density at radius 3 is 3.00 bits per heavy atom. The Labute approximate surface area is 87.8 Å². The third-order valence-electron chi connectivity index (χ3n) is 3.10. The van der Waals surface area contributed by atoms with Gasteiger partial charge in [0.1, 0.15) is 0 Å². The first-order chi connectivity index (χ1) is 5.85. The van der Waals surface area contributed by atoms with Crippen molar-refractivity contribution in [3.05, 3.63) is 0 Å². The van der Waals surface area contributed by atoms with Gasteiger partial charge in [-0.1, -0.05) is 22.6 Å². The Balaban J connectivity index is 1.88. The van der Waals surface area contributed by atoms with Crippen LogP contribution < -0.4 is 0 Å². The molecule has 0 aromatic rings. The molecule has 0 N–H and O–H groups in total. The summed E-state index contributed by atoms with van der Waals surface area (Å²) >= 11 is 2.46. The van der Waals surface area contributed by atoms with Crippen molar-refractivity contribution in [1.82, 2.24) is 4.90 Å². The van der Waals surface area contributed by atoms with Gasteiger partial charge in [-0.3, -0.25) is 0 Å². The number of hydrogen-bond acceptors (Lipinski definition) is 2. The van der Waals surface area contributed by atoms with E-state index in [0.717, 1.165) is 13.2 Å². The van der Waals surface area contributed by atoms with Crippen LogP contribution in [0.5, 0.6) is 0 Å². The second-order valence-electron chi connectivity index (χ2n) is 4.02. The minimum Gasteiger partial charge on any atom is -0.381 e. The van der Waals surface area contributed by atoms with Crippen LogP contribution in [-0.2, 0) is 4.74 Å². The summed E-state index contributed by atoms with van der Waals surface area (Å²) in [4.78, 5) is 2.58. The zero-order chi connectivity index (χ0) is 8.44. The maximum atomic E-state index is 5.48. The summed E-state index contributed by atoms with van der Waals surface area (Å²) in [5, 5.41) is 0. The van der Waals surface area contributed by atoms with Crippen LogP contribution in [0.3, 0.4) is 0 Å². The molecule has 0 bridgehead atoms.